The first-order chi connectivity index (χ1) is 7.80. The molecule has 0 bridgehead atoms. The van der Waals surface area contributed by atoms with Crippen LogP contribution in [0.2, 0.25) is 0 Å². The molecule has 0 saturated heterocycles. The van der Waals surface area contributed by atoms with E-state index in [2.05, 4.69) is 45.9 Å². The number of benzene rings is 1. The summed E-state index contributed by atoms with van der Waals surface area (Å²) in [5.41, 5.74) is 8.70. The Morgan fingerprint density at radius 2 is 1.89 bits per heavy atom. The minimum atomic E-state index is -0.0465. The molecule has 0 amide bonds. The Morgan fingerprint density at radius 1 is 1.28 bits per heavy atom. The third-order valence-corrected chi connectivity index (χ3v) is 3.45. The summed E-state index contributed by atoms with van der Waals surface area (Å²) < 4.78 is 5.81. The lowest BCUT2D eigenvalue weighted by atomic mass is 9.86. The highest BCUT2D eigenvalue weighted by atomic mass is 35.5. The van der Waals surface area contributed by atoms with Gasteiger partial charge in [-0.25, -0.2) is 0 Å². The Morgan fingerprint density at radius 3 is 2.33 bits per heavy atom. The summed E-state index contributed by atoms with van der Waals surface area (Å²) in [5, 5.41) is 0. The first-order valence-electron chi connectivity index (χ1n) is 6.33. The highest BCUT2D eigenvalue weighted by molar-refractivity contribution is 5.85. The van der Waals surface area contributed by atoms with Gasteiger partial charge in [-0.15, -0.1) is 12.4 Å². The van der Waals surface area contributed by atoms with E-state index in [1.54, 1.807) is 0 Å². The molecule has 0 atom stereocenters. The summed E-state index contributed by atoms with van der Waals surface area (Å²) in [6, 6.07) is 6.44. The van der Waals surface area contributed by atoms with Crippen molar-refractivity contribution in [3.05, 3.63) is 29.3 Å². The number of hydrogen-bond acceptors (Lipinski definition) is 2. The lowest BCUT2D eigenvalue weighted by molar-refractivity contribution is 0.277. The highest BCUT2D eigenvalue weighted by Crippen LogP contribution is 2.34. The van der Waals surface area contributed by atoms with Crippen LogP contribution in [0.5, 0.6) is 5.75 Å². The highest BCUT2D eigenvalue weighted by Gasteiger charge is 2.39. The number of rotatable bonds is 3. The normalized spacial score (nSPS) is 16.9. The quantitative estimate of drug-likeness (QED) is 0.910. The van der Waals surface area contributed by atoms with Crippen LogP contribution in [-0.2, 0) is 5.41 Å². The SMILES string of the molecule is Cc1cc(C(C)(C)C)ccc1OCC1(N)CC1.Cl. The van der Waals surface area contributed by atoms with Crippen LogP contribution in [0.1, 0.15) is 44.7 Å². The molecular weight excluding hydrogens is 246 g/mol. The molecule has 1 saturated carbocycles. The number of ether oxygens (including phenoxy) is 1. The lowest BCUT2D eigenvalue weighted by Crippen LogP contribution is -2.29. The number of aryl methyl sites for hydroxylation is 1. The maximum atomic E-state index is 6.02. The second kappa shape index (κ2) is 5.10. The van der Waals surface area contributed by atoms with Gasteiger partial charge in [-0.1, -0.05) is 32.9 Å². The summed E-state index contributed by atoms with van der Waals surface area (Å²) in [6.45, 7) is 9.41. The van der Waals surface area contributed by atoms with Crippen LogP contribution in [0.15, 0.2) is 18.2 Å². The Hall–Kier alpha value is -0.730. The zero-order valence-electron chi connectivity index (χ0n) is 11.7. The van der Waals surface area contributed by atoms with E-state index in [-0.39, 0.29) is 23.4 Å². The van der Waals surface area contributed by atoms with Crippen molar-refractivity contribution in [1.29, 1.82) is 0 Å². The molecule has 2 nitrogen and oxygen atoms in total. The van der Waals surface area contributed by atoms with Crippen molar-refractivity contribution in [3.63, 3.8) is 0 Å². The van der Waals surface area contributed by atoms with Gasteiger partial charge in [0.2, 0.25) is 0 Å². The van der Waals surface area contributed by atoms with Crippen LogP contribution in [0.25, 0.3) is 0 Å². The van der Waals surface area contributed by atoms with E-state index >= 15 is 0 Å². The van der Waals surface area contributed by atoms with Gasteiger partial charge in [0.15, 0.2) is 0 Å². The fraction of sp³-hybridized carbons (Fsp3) is 0.600. The van der Waals surface area contributed by atoms with Crippen molar-refractivity contribution < 1.29 is 4.74 Å². The van der Waals surface area contributed by atoms with Gasteiger partial charge in [0.05, 0.1) is 5.54 Å². The minimum Gasteiger partial charge on any atom is -0.491 e. The average molecular weight is 270 g/mol. The summed E-state index contributed by atoms with van der Waals surface area (Å²) >= 11 is 0. The van der Waals surface area contributed by atoms with E-state index in [4.69, 9.17) is 10.5 Å². The number of halogens is 1. The summed E-state index contributed by atoms with van der Waals surface area (Å²) in [4.78, 5) is 0. The number of nitrogens with two attached hydrogens (primary N) is 1. The molecule has 0 spiro atoms. The second-order valence-electron chi connectivity index (χ2n) is 6.38. The molecule has 1 aromatic rings. The Bertz CT molecular complexity index is 419. The third-order valence-electron chi connectivity index (χ3n) is 3.45. The first-order valence-corrected chi connectivity index (χ1v) is 6.33. The molecule has 1 fully saturated rings. The summed E-state index contributed by atoms with van der Waals surface area (Å²) in [5.74, 6) is 0.967. The fourth-order valence-electron chi connectivity index (χ4n) is 1.80. The molecule has 0 aliphatic heterocycles. The molecule has 0 radical (unpaired) electrons. The van der Waals surface area contributed by atoms with E-state index < -0.39 is 0 Å². The van der Waals surface area contributed by atoms with Crippen LogP contribution >= 0.6 is 12.4 Å². The Balaban J connectivity index is 0.00000162. The predicted molar refractivity (Wildman–Crippen MR) is 78.8 cm³/mol. The van der Waals surface area contributed by atoms with Gasteiger partial charge in [-0.3, -0.25) is 0 Å². The predicted octanol–water partition coefficient (Wildman–Crippen LogP) is 3.58. The molecule has 1 aliphatic rings. The van der Waals surface area contributed by atoms with Crippen LogP contribution in [-0.4, -0.2) is 12.1 Å². The minimum absolute atomic E-state index is 0. The van der Waals surface area contributed by atoms with Crippen molar-refractivity contribution in [1.82, 2.24) is 0 Å². The zero-order chi connectivity index (χ0) is 12.7. The summed E-state index contributed by atoms with van der Waals surface area (Å²) in [7, 11) is 0. The molecule has 102 valence electrons. The zero-order valence-corrected chi connectivity index (χ0v) is 12.6. The maximum absolute atomic E-state index is 6.02. The largest absolute Gasteiger partial charge is 0.491 e. The second-order valence-corrected chi connectivity index (χ2v) is 6.38. The van der Waals surface area contributed by atoms with E-state index in [9.17, 15) is 0 Å². The first kappa shape index (κ1) is 15.3. The molecule has 0 heterocycles. The van der Waals surface area contributed by atoms with Crippen LogP contribution in [0.4, 0.5) is 0 Å². The standard InChI is InChI=1S/C15H23NO.ClH/c1-11-9-12(14(2,3)4)5-6-13(11)17-10-15(16)7-8-15;/h5-6,9H,7-8,10,16H2,1-4H3;1H. The smallest absolute Gasteiger partial charge is 0.122 e. The van der Waals surface area contributed by atoms with Crippen molar-refractivity contribution in [3.8, 4) is 5.75 Å². The van der Waals surface area contributed by atoms with Crippen LogP contribution < -0.4 is 10.5 Å². The van der Waals surface area contributed by atoms with E-state index in [0.29, 0.717) is 6.61 Å². The van der Waals surface area contributed by atoms with Gasteiger partial charge in [0, 0.05) is 0 Å². The van der Waals surface area contributed by atoms with E-state index in [1.807, 2.05) is 0 Å². The molecule has 0 aromatic heterocycles. The van der Waals surface area contributed by atoms with Gasteiger partial charge in [0.1, 0.15) is 12.4 Å². The van der Waals surface area contributed by atoms with Crippen molar-refractivity contribution in [2.45, 2.75) is 51.5 Å². The van der Waals surface area contributed by atoms with Gasteiger partial charge in [0.25, 0.3) is 0 Å². The Labute approximate surface area is 116 Å². The molecule has 1 aromatic carbocycles. The molecule has 3 heteroatoms. The lowest BCUT2D eigenvalue weighted by Gasteiger charge is -2.21. The van der Waals surface area contributed by atoms with Crippen molar-refractivity contribution in [2.24, 2.45) is 5.73 Å². The Kier molecular flexibility index (Phi) is 4.34. The molecule has 1 aliphatic carbocycles. The average Bonchev–Trinajstić information content (AvgIpc) is 2.94. The van der Waals surface area contributed by atoms with Gasteiger partial charge >= 0.3 is 0 Å². The third kappa shape index (κ3) is 3.63. The van der Waals surface area contributed by atoms with Crippen LogP contribution in [0.3, 0.4) is 0 Å². The van der Waals surface area contributed by atoms with Gasteiger partial charge < -0.3 is 10.5 Å². The molecular formula is C15H24ClNO. The molecule has 0 unspecified atom stereocenters. The van der Waals surface area contributed by atoms with Crippen molar-refractivity contribution in [2.75, 3.05) is 6.61 Å². The molecule has 18 heavy (non-hydrogen) atoms. The summed E-state index contributed by atoms with van der Waals surface area (Å²) in [6.07, 6.45) is 2.18. The van der Waals surface area contributed by atoms with Crippen molar-refractivity contribution >= 4 is 12.4 Å². The van der Waals surface area contributed by atoms with E-state index in [1.165, 1.54) is 11.1 Å². The monoisotopic (exact) mass is 269 g/mol. The van der Waals surface area contributed by atoms with Gasteiger partial charge in [-0.2, -0.15) is 0 Å². The van der Waals surface area contributed by atoms with E-state index in [0.717, 1.165) is 18.6 Å². The topological polar surface area (TPSA) is 35.2 Å². The number of hydrogen-bond donors (Lipinski definition) is 1. The fourth-order valence-corrected chi connectivity index (χ4v) is 1.80. The molecule has 2 rings (SSSR count). The maximum Gasteiger partial charge on any atom is 0.122 e. The van der Waals surface area contributed by atoms with Crippen LogP contribution in [0, 0.1) is 6.92 Å². The molecule has 2 N–H and O–H groups in total. The van der Waals surface area contributed by atoms with Gasteiger partial charge in [-0.05, 0) is 42.4 Å².